The number of carbonyl (C=O) groups excluding carboxylic acids is 1. The van der Waals surface area contributed by atoms with Gasteiger partial charge >= 0.3 is 0 Å². The Bertz CT molecular complexity index is 661. The Balaban J connectivity index is 2.24. The molecule has 0 saturated carbocycles. The summed E-state index contributed by atoms with van der Waals surface area (Å²) in [5.74, 6) is -0.0153. The number of hydrogen-bond donors (Lipinski definition) is 2. The summed E-state index contributed by atoms with van der Waals surface area (Å²) in [6, 6.07) is 7.17. The van der Waals surface area contributed by atoms with Gasteiger partial charge in [-0.25, -0.2) is 0 Å². The van der Waals surface area contributed by atoms with Gasteiger partial charge in [0.2, 0.25) is 5.91 Å². The summed E-state index contributed by atoms with van der Waals surface area (Å²) in [6.45, 7) is 4.05. The quantitative estimate of drug-likeness (QED) is 0.877. The zero-order chi connectivity index (χ0) is 14.5. The summed E-state index contributed by atoms with van der Waals surface area (Å²) in [4.78, 5) is 26.5. The number of aromatic amines is 1. The number of amides is 1. The molecule has 0 aliphatic heterocycles. The number of H-pyrrole nitrogens is 1. The van der Waals surface area contributed by atoms with Crippen molar-refractivity contribution >= 4 is 22.4 Å². The maximum absolute atomic E-state index is 12.1. The van der Waals surface area contributed by atoms with Crippen molar-refractivity contribution in [1.29, 1.82) is 0 Å². The lowest BCUT2D eigenvalue weighted by molar-refractivity contribution is -0.119. The van der Waals surface area contributed by atoms with E-state index in [1.54, 1.807) is 18.3 Å². The first-order valence-corrected chi connectivity index (χ1v) is 7.04. The molecule has 4 nitrogen and oxygen atoms in total. The summed E-state index contributed by atoms with van der Waals surface area (Å²) in [5.41, 5.74) is 0.555. The van der Waals surface area contributed by atoms with E-state index >= 15 is 0 Å². The highest BCUT2D eigenvalue weighted by Gasteiger charge is 2.13. The zero-order valence-corrected chi connectivity index (χ0v) is 11.9. The van der Waals surface area contributed by atoms with Crippen molar-refractivity contribution in [2.45, 2.75) is 33.1 Å². The van der Waals surface area contributed by atoms with Crippen LogP contribution in [-0.2, 0) is 4.79 Å². The van der Waals surface area contributed by atoms with Crippen LogP contribution in [0.2, 0.25) is 0 Å². The number of nitrogens with one attached hydrogen (secondary N) is 2. The molecule has 0 aliphatic rings. The Kier molecular flexibility index (Phi) is 4.56. The lowest BCUT2D eigenvalue weighted by Gasteiger charge is -2.13. The molecule has 106 valence electrons. The minimum absolute atomic E-state index is 0.00577. The highest BCUT2D eigenvalue weighted by Crippen LogP contribution is 2.21. The summed E-state index contributed by atoms with van der Waals surface area (Å²) in [6.07, 6.45) is 4.61. The second-order valence-corrected chi connectivity index (χ2v) is 5.11. The maximum Gasteiger partial charge on any atom is 0.255 e. The van der Waals surface area contributed by atoms with Gasteiger partial charge in [0.1, 0.15) is 0 Å². The molecule has 0 saturated heterocycles. The molecule has 1 aromatic carbocycles. The fraction of sp³-hybridized carbons (Fsp3) is 0.375. The Morgan fingerprint density at radius 1 is 1.30 bits per heavy atom. The third-order valence-corrected chi connectivity index (χ3v) is 3.51. The number of rotatable bonds is 5. The van der Waals surface area contributed by atoms with Crippen LogP contribution in [0.4, 0.5) is 5.69 Å². The van der Waals surface area contributed by atoms with Gasteiger partial charge in [0.15, 0.2) is 0 Å². The summed E-state index contributed by atoms with van der Waals surface area (Å²) >= 11 is 0. The van der Waals surface area contributed by atoms with Gasteiger partial charge in [-0.05, 0) is 24.6 Å². The summed E-state index contributed by atoms with van der Waals surface area (Å²) < 4.78 is 0. The average molecular weight is 272 g/mol. The third-order valence-electron chi connectivity index (χ3n) is 3.51. The number of hydrogen-bond acceptors (Lipinski definition) is 2. The molecule has 0 spiro atoms. The van der Waals surface area contributed by atoms with Gasteiger partial charge in [0.05, 0.1) is 0 Å². The molecule has 2 N–H and O–H groups in total. The number of carbonyl (C=O) groups is 1. The fourth-order valence-electron chi connectivity index (χ4n) is 2.23. The van der Waals surface area contributed by atoms with Gasteiger partial charge in [-0.15, -0.1) is 0 Å². The Labute approximate surface area is 118 Å². The first-order valence-electron chi connectivity index (χ1n) is 7.04. The van der Waals surface area contributed by atoms with E-state index in [0.717, 1.165) is 24.6 Å². The highest BCUT2D eigenvalue weighted by molar-refractivity contribution is 6.02. The predicted molar refractivity (Wildman–Crippen MR) is 81.9 cm³/mol. The molecule has 2 rings (SSSR count). The van der Waals surface area contributed by atoms with E-state index in [0.29, 0.717) is 11.1 Å². The molecule has 0 fully saturated rings. The lowest BCUT2D eigenvalue weighted by atomic mass is 10.0. The minimum atomic E-state index is -0.141. The SMILES string of the molecule is CCCCC(C)C(=O)Nc1cccc2c(=O)[nH]ccc12. The standard InChI is InChI=1S/C16H20N2O2/c1-3-4-6-11(2)15(19)18-14-8-5-7-13-12(14)9-10-17-16(13)20/h5,7-11H,3-4,6H2,1-2H3,(H,17,20)(H,18,19). The second-order valence-electron chi connectivity index (χ2n) is 5.11. The summed E-state index contributed by atoms with van der Waals surface area (Å²) in [7, 11) is 0. The Morgan fingerprint density at radius 2 is 2.10 bits per heavy atom. The van der Waals surface area contributed by atoms with Crippen LogP contribution in [0.25, 0.3) is 10.8 Å². The van der Waals surface area contributed by atoms with Crippen LogP contribution < -0.4 is 10.9 Å². The average Bonchev–Trinajstić information content (AvgIpc) is 2.45. The second kappa shape index (κ2) is 6.37. The normalized spacial score (nSPS) is 12.3. The molecule has 4 heteroatoms. The van der Waals surface area contributed by atoms with Gasteiger partial charge in [0.25, 0.3) is 5.56 Å². The van der Waals surface area contributed by atoms with Gasteiger partial charge < -0.3 is 10.3 Å². The maximum atomic E-state index is 12.1. The van der Waals surface area contributed by atoms with Crippen LogP contribution in [0.15, 0.2) is 35.3 Å². The monoisotopic (exact) mass is 272 g/mol. The molecule has 1 aromatic heterocycles. The molecule has 1 amide bonds. The van der Waals surface area contributed by atoms with Crippen molar-refractivity contribution < 1.29 is 4.79 Å². The van der Waals surface area contributed by atoms with Crippen molar-refractivity contribution in [3.63, 3.8) is 0 Å². The molecule has 1 heterocycles. The van der Waals surface area contributed by atoms with E-state index in [-0.39, 0.29) is 17.4 Å². The van der Waals surface area contributed by atoms with Crippen LogP contribution in [0.3, 0.4) is 0 Å². The van der Waals surface area contributed by atoms with Crippen LogP contribution in [0, 0.1) is 5.92 Å². The van der Waals surface area contributed by atoms with Crippen LogP contribution in [0.1, 0.15) is 33.1 Å². The largest absolute Gasteiger partial charge is 0.329 e. The first-order chi connectivity index (χ1) is 9.63. The van der Waals surface area contributed by atoms with Gasteiger partial charge in [-0.2, -0.15) is 0 Å². The number of benzene rings is 1. The zero-order valence-electron chi connectivity index (χ0n) is 11.9. The van der Waals surface area contributed by atoms with E-state index < -0.39 is 0 Å². The molecular weight excluding hydrogens is 252 g/mol. The van der Waals surface area contributed by atoms with Crippen molar-refractivity contribution in [3.8, 4) is 0 Å². The molecule has 0 bridgehead atoms. The number of fused-ring (bicyclic) bond motifs is 1. The highest BCUT2D eigenvalue weighted by atomic mass is 16.2. The van der Waals surface area contributed by atoms with Crippen molar-refractivity contribution in [2.24, 2.45) is 5.92 Å². The van der Waals surface area contributed by atoms with Gasteiger partial charge in [-0.3, -0.25) is 9.59 Å². The van der Waals surface area contributed by atoms with Crippen LogP contribution in [-0.4, -0.2) is 10.9 Å². The smallest absolute Gasteiger partial charge is 0.255 e. The topological polar surface area (TPSA) is 62.0 Å². The molecule has 20 heavy (non-hydrogen) atoms. The molecule has 1 unspecified atom stereocenters. The third kappa shape index (κ3) is 3.07. The van der Waals surface area contributed by atoms with Crippen LogP contribution >= 0.6 is 0 Å². The first kappa shape index (κ1) is 14.3. The van der Waals surface area contributed by atoms with E-state index in [9.17, 15) is 9.59 Å². The Morgan fingerprint density at radius 3 is 2.85 bits per heavy atom. The molecule has 0 radical (unpaired) electrons. The van der Waals surface area contributed by atoms with Crippen molar-refractivity contribution in [2.75, 3.05) is 5.32 Å². The van der Waals surface area contributed by atoms with Crippen molar-refractivity contribution in [1.82, 2.24) is 4.98 Å². The van der Waals surface area contributed by atoms with Crippen molar-refractivity contribution in [3.05, 3.63) is 40.8 Å². The summed E-state index contributed by atoms with van der Waals surface area (Å²) in [5, 5.41) is 4.29. The molecule has 0 aliphatic carbocycles. The van der Waals surface area contributed by atoms with E-state index in [1.807, 2.05) is 19.1 Å². The van der Waals surface area contributed by atoms with Gasteiger partial charge in [-0.1, -0.05) is 32.8 Å². The fourth-order valence-corrected chi connectivity index (χ4v) is 2.23. The van der Waals surface area contributed by atoms with E-state index in [2.05, 4.69) is 17.2 Å². The Hall–Kier alpha value is -2.10. The number of unbranched alkanes of at least 4 members (excludes halogenated alkanes) is 1. The lowest BCUT2D eigenvalue weighted by Crippen LogP contribution is -2.20. The van der Waals surface area contributed by atoms with E-state index in [1.165, 1.54) is 0 Å². The van der Waals surface area contributed by atoms with E-state index in [4.69, 9.17) is 0 Å². The molecule has 1 atom stereocenters. The predicted octanol–water partition coefficient (Wildman–Crippen LogP) is 3.29. The molecule has 2 aromatic rings. The minimum Gasteiger partial charge on any atom is -0.329 e. The number of anilines is 1. The number of pyridine rings is 1. The van der Waals surface area contributed by atoms with Crippen LogP contribution in [0.5, 0.6) is 0 Å². The van der Waals surface area contributed by atoms with Gasteiger partial charge in [0, 0.05) is 28.6 Å². The molecular formula is C16H20N2O2. The number of aromatic nitrogens is 1.